The van der Waals surface area contributed by atoms with Crippen LogP contribution in [-0.2, 0) is 0 Å². The standard InChI is InChI=1S/C16H22FN3O/c17-13-10-12(16(18)21)3-4-15(13)20-8-5-11(6-9-20)14-2-1-7-19-14/h3-4,10-11,14,19H,1-2,5-9H2,(H2,18,21). The Balaban J connectivity index is 1.65. The molecule has 1 unspecified atom stereocenters. The zero-order valence-corrected chi connectivity index (χ0v) is 12.1. The van der Waals surface area contributed by atoms with Gasteiger partial charge in [-0.2, -0.15) is 0 Å². The summed E-state index contributed by atoms with van der Waals surface area (Å²) in [5, 5.41) is 3.57. The summed E-state index contributed by atoms with van der Waals surface area (Å²) in [5.41, 5.74) is 5.98. The Labute approximate surface area is 124 Å². The Morgan fingerprint density at radius 1 is 1.29 bits per heavy atom. The number of nitrogens with zero attached hydrogens (tertiary/aromatic N) is 1. The fourth-order valence-electron chi connectivity index (χ4n) is 3.57. The number of hydrogen-bond donors (Lipinski definition) is 2. The van der Waals surface area contributed by atoms with Gasteiger partial charge in [0.2, 0.25) is 5.91 Å². The predicted octanol–water partition coefficient (Wildman–Crippen LogP) is 1.89. The first-order chi connectivity index (χ1) is 10.1. The first kappa shape index (κ1) is 14.3. The van der Waals surface area contributed by atoms with Crippen molar-refractivity contribution in [2.24, 2.45) is 11.7 Å². The minimum atomic E-state index is -0.591. The molecule has 4 nitrogen and oxygen atoms in total. The second kappa shape index (κ2) is 6.02. The van der Waals surface area contributed by atoms with Crippen LogP contribution in [0, 0.1) is 11.7 Å². The van der Waals surface area contributed by atoms with Crippen molar-refractivity contribution in [3.05, 3.63) is 29.6 Å². The van der Waals surface area contributed by atoms with E-state index in [9.17, 15) is 9.18 Å². The maximum absolute atomic E-state index is 14.1. The Morgan fingerprint density at radius 3 is 2.62 bits per heavy atom. The highest BCUT2D eigenvalue weighted by Gasteiger charge is 2.29. The second-order valence-electron chi connectivity index (χ2n) is 6.06. The topological polar surface area (TPSA) is 58.4 Å². The zero-order chi connectivity index (χ0) is 14.8. The monoisotopic (exact) mass is 291 g/mol. The number of rotatable bonds is 3. The van der Waals surface area contributed by atoms with Crippen molar-refractivity contribution in [3.8, 4) is 0 Å². The van der Waals surface area contributed by atoms with Crippen LogP contribution in [0.25, 0.3) is 0 Å². The summed E-state index contributed by atoms with van der Waals surface area (Å²) in [6.45, 7) is 2.87. The van der Waals surface area contributed by atoms with Gasteiger partial charge in [0.05, 0.1) is 5.69 Å². The van der Waals surface area contributed by atoms with E-state index < -0.39 is 5.91 Å². The summed E-state index contributed by atoms with van der Waals surface area (Å²) >= 11 is 0. The van der Waals surface area contributed by atoms with Crippen LogP contribution < -0.4 is 16.0 Å². The minimum Gasteiger partial charge on any atom is -0.369 e. The summed E-state index contributed by atoms with van der Waals surface area (Å²) < 4.78 is 14.1. The van der Waals surface area contributed by atoms with Crippen molar-refractivity contribution in [1.82, 2.24) is 5.32 Å². The van der Waals surface area contributed by atoms with Gasteiger partial charge in [-0.3, -0.25) is 4.79 Å². The molecule has 3 rings (SSSR count). The van der Waals surface area contributed by atoms with Gasteiger partial charge in [-0.1, -0.05) is 0 Å². The molecule has 114 valence electrons. The summed E-state index contributed by atoms with van der Waals surface area (Å²) in [6, 6.07) is 5.16. The first-order valence-electron chi connectivity index (χ1n) is 7.73. The van der Waals surface area contributed by atoms with Crippen LogP contribution in [-0.4, -0.2) is 31.6 Å². The lowest BCUT2D eigenvalue weighted by molar-refractivity contribution is 0.1000. The molecule has 0 saturated carbocycles. The molecule has 2 aliphatic rings. The largest absolute Gasteiger partial charge is 0.369 e. The van der Waals surface area contributed by atoms with Crippen LogP contribution in [0.2, 0.25) is 0 Å². The molecule has 0 radical (unpaired) electrons. The summed E-state index contributed by atoms with van der Waals surface area (Å²) in [4.78, 5) is 13.1. The number of anilines is 1. The van der Waals surface area contributed by atoms with Crippen LogP contribution in [0.5, 0.6) is 0 Å². The van der Waals surface area contributed by atoms with Gasteiger partial charge >= 0.3 is 0 Å². The van der Waals surface area contributed by atoms with E-state index in [1.54, 1.807) is 12.1 Å². The molecule has 0 aromatic heterocycles. The van der Waals surface area contributed by atoms with Gasteiger partial charge in [-0.05, 0) is 56.3 Å². The molecular weight excluding hydrogens is 269 g/mol. The van der Waals surface area contributed by atoms with E-state index in [-0.39, 0.29) is 11.4 Å². The maximum atomic E-state index is 14.1. The fraction of sp³-hybridized carbons (Fsp3) is 0.562. The average Bonchev–Trinajstić information content (AvgIpc) is 3.01. The Bertz CT molecular complexity index is 520. The van der Waals surface area contributed by atoms with E-state index in [2.05, 4.69) is 10.2 Å². The molecule has 0 spiro atoms. The van der Waals surface area contributed by atoms with Crippen molar-refractivity contribution in [2.45, 2.75) is 31.7 Å². The molecule has 1 amide bonds. The molecule has 2 saturated heterocycles. The second-order valence-corrected chi connectivity index (χ2v) is 6.06. The maximum Gasteiger partial charge on any atom is 0.248 e. The van der Waals surface area contributed by atoms with Gasteiger partial charge in [0.15, 0.2) is 0 Å². The van der Waals surface area contributed by atoms with Crippen LogP contribution in [0.3, 0.4) is 0 Å². The van der Waals surface area contributed by atoms with Gasteiger partial charge < -0.3 is 16.0 Å². The van der Waals surface area contributed by atoms with Gasteiger partial charge in [-0.25, -0.2) is 4.39 Å². The molecular formula is C16H22FN3O. The highest BCUT2D eigenvalue weighted by molar-refractivity contribution is 5.93. The zero-order valence-electron chi connectivity index (χ0n) is 12.1. The summed E-state index contributed by atoms with van der Waals surface area (Å²) in [5.74, 6) is -0.244. The number of nitrogens with two attached hydrogens (primary N) is 1. The molecule has 0 aliphatic carbocycles. The third-order valence-corrected chi connectivity index (χ3v) is 4.78. The SMILES string of the molecule is NC(=O)c1ccc(N2CCC(C3CCCN3)CC2)c(F)c1. The van der Waals surface area contributed by atoms with Crippen molar-refractivity contribution in [3.63, 3.8) is 0 Å². The normalized spacial score (nSPS) is 23.5. The molecule has 2 fully saturated rings. The minimum absolute atomic E-state index is 0.223. The molecule has 1 aromatic rings. The Kier molecular flexibility index (Phi) is 4.10. The van der Waals surface area contributed by atoms with Gasteiger partial charge in [-0.15, -0.1) is 0 Å². The van der Waals surface area contributed by atoms with Crippen LogP contribution in [0.1, 0.15) is 36.0 Å². The van der Waals surface area contributed by atoms with Crippen LogP contribution in [0.15, 0.2) is 18.2 Å². The lowest BCUT2D eigenvalue weighted by Gasteiger charge is -2.36. The number of benzene rings is 1. The molecule has 1 aromatic carbocycles. The van der Waals surface area contributed by atoms with E-state index >= 15 is 0 Å². The lowest BCUT2D eigenvalue weighted by Crippen LogP contribution is -2.41. The van der Waals surface area contributed by atoms with Crippen molar-refractivity contribution in [2.75, 3.05) is 24.5 Å². The van der Waals surface area contributed by atoms with E-state index in [4.69, 9.17) is 5.73 Å². The lowest BCUT2D eigenvalue weighted by atomic mass is 9.88. The molecule has 0 bridgehead atoms. The summed E-state index contributed by atoms with van der Waals surface area (Å²) in [7, 11) is 0. The number of nitrogens with one attached hydrogen (secondary N) is 1. The molecule has 21 heavy (non-hydrogen) atoms. The third kappa shape index (κ3) is 3.02. The van der Waals surface area contributed by atoms with Crippen molar-refractivity contribution >= 4 is 11.6 Å². The van der Waals surface area contributed by atoms with E-state index in [1.807, 2.05) is 0 Å². The number of piperidine rings is 1. The van der Waals surface area contributed by atoms with Crippen LogP contribution in [0.4, 0.5) is 10.1 Å². The number of amides is 1. The number of carbonyl (C=O) groups is 1. The van der Waals surface area contributed by atoms with Crippen molar-refractivity contribution in [1.29, 1.82) is 0 Å². The third-order valence-electron chi connectivity index (χ3n) is 4.78. The molecule has 2 aliphatic heterocycles. The van der Waals surface area contributed by atoms with E-state index in [1.165, 1.54) is 18.9 Å². The molecule has 5 heteroatoms. The number of primary amides is 1. The summed E-state index contributed by atoms with van der Waals surface area (Å²) in [6.07, 6.45) is 4.73. The smallest absolute Gasteiger partial charge is 0.248 e. The molecule has 1 atom stereocenters. The molecule has 3 N–H and O–H groups in total. The number of halogens is 1. The number of carbonyl (C=O) groups excluding carboxylic acids is 1. The quantitative estimate of drug-likeness (QED) is 0.894. The van der Waals surface area contributed by atoms with E-state index in [0.717, 1.165) is 32.5 Å². The Hall–Kier alpha value is -1.62. The van der Waals surface area contributed by atoms with E-state index in [0.29, 0.717) is 17.6 Å². The van der Waals surface area contributed by atoms with Gasteiger partial charge in [0.25, 0.3) is 0 Å². The highest BCUT2D eigenvalue weighted by atomic mass is 19.1. The predicted molar refractivity (Wildman–Crippen MR) is 80.9 cm³/mol. The van der Waals surface area contributed by atoms with Gasteiger partial charge in [0, 0.05) is 24.7 Å². The van der Waals surface area contributed by atoms with Gasteiger partial charge in [0.1, 0.15) is 5.82 Å². The molecule has 2 heterocycles. The Morgan fingerprint density at radius 2 is 2.05 bits per heavy atom. The van der Waals surface area contributed by atoms with Crippen molar-refractivity contribution < 1.29 is 9.18 Å². The number of hydrogen-bond acceptors (Lipinski definition) is 3. The van der Waals surface area contributed by atoms with Crippen LogP contribution >= 0.6 is 0 Å². The highest BCUT2D eigenvalue weighted by Crippen LogP contribution is 2.29. The average molecular weight is 291 g/mol. The fourth-order valence-corrected chi connectivity index (χ4v) is 3.57. The first-order valence-corrected chi connectivity index (χ1v) is 7.73.